The number of fused-ring (bicyclic) bond motifs is 1. The maximum Gasteiger partial charge on any atom is 0.439 e. The van der Waals surface area contributed by atoms with Crippen LogP contribution >= 0.6 is 0 Å². The van der Waals surface area contributed by atoms with Crippen molar-refractivity contribution in [2.45, 2.75) is 82.8 Å². The summed E-state index contributed by atoms with van der Waals surface area (Å²) in [5.74, 6) is 0.442. The summed E-state index contributed by atoms with van der Waals surface area (Å²) in [4.78, 5) is 33.2. The molecule has 0 spiro atoms. The minimum Gasteiger partial charge on any atom is -0.381 e. The summed E-state index contributed by atoms with van der Waals surface area (Å²) in [6, 6.07) is 17.1. The fraction of sp³-hybridized carbons (Fsp3) is 0.441. The normalized spacial score (nSPS) is 19.3. The number of ether oxygens (including phenoxy) is 1. The number of nitrogens with one attached hydrogen (secondary N) is 2. The molecule has 2 aliphatic rings. The van der Waals surface area contributed by atoms with Crippen molar-refractivity contribution < 1.29 is 9.26 Å². The first-order valence-corrected chi connectivity index (χ1v) is 16.1. The summed E-state index contributed by atoms with van der Waals surface area (Å²) >= 11 is 0. The molecule has 0 atom stereocenters. The number of rotatable bonds is 9. The molecule has 5 aromatic rings. The molecule has 1 saturated heterocycles. The lowest BCUT2D eigenvalue weighted by Crippen LogP contribution is -2.44. The Balaban J connectivity index is 1.17. The molecule has 0 bridgehead atoms. The van der Waals surface area contributed by atoms with E-state index >= 15 is 0 Å². The summed E-state index contributed by atoms with van der Waals surface area (Å²) in [5.41, 5.74) is 5.48. The topological polar surface area (TPSA) is 132 Å². The average Bonchev–Trinajstić information content (AvgIpc) is 3.74. The van der Waals surface area contributed by atoms with Crippen molar-refractivity contribution in [3.63, 3.8) is 0 Å². The number of nitrogens with zero attached hydrogens (tertiary/aromatic N) is 5. The van der Waals surface area contributed by atoms with Gasteiger partial charge in [-0.3, -0.25) is 18.9 Å². The minimum absolute atomic E-state index is 0.0456. The van der Waals surface area contributed by atoms with Gasteiger partial charge in [-0.15, -0.1) is 0 Å². The van der Waals surface area contributed by atoms with Crippen LogP contribution in [0.3, 0.4) is 0 Å². The van der Waals surface area contributed by atoms with Crippen molar-refractivity contribution >= 4 is 5.78 Å². The second kappa shape index (κ2) is 12.9. The van der Waals surface area contributed by atoms with Gasteiger partial charge in [0.15, 0.2) is 5.82 Å². The number of hydrogen-bond donors (Lipinski definition) is 2. The molecule has 11 nitrogen and oxygen atoms in total. The summed E-state index contributed by atoms with van der Waals surface area (Å²) in [6.45, 7) is 3.79. The molecule has 0 radical (unpaired) electrons. The van der Waals surface area contributed by atoms with E-state index in [0.29, 0.717) is 30.1 Å². The molecule has 2 aromatic carbocycles. The first-order valence-electron chi connectivity index (χ1n) is 16.1. The molecule has 1 aliphatic heterocycles. The van der Waals surface area contributed by atoms with Crippen LogP contribution in [0.1, 0.15) is 74.7 Å². The van der Waals surface area contributed by atoms with Crippen molar-refractivity contribution in [2.24, 2.45) is 0 Å². The smallest absolute Gasteiger partial charge is 0.381 e. The van der Waals surface area contributed by atoms with Gasteiger partial charge in [-0.05, 0) is 61.6 Å². The Morgan fingerprint density at radius 3 is 2.38 bits per heavy atom. The standard InChI is InChI=1S/C34H39N7O4/c1-2-5-30-29(20-22-8-10-23(11-9-22)27-6-3-4-7-28(27)31-38-34(43)45-39-31)32(42)40(33-35-21-36-41(30)33)26-14-12-24(13-15-26)37-25-16-18-44-19-17-25/h3-4,6-11,21,24-26,37H,2,5,12-20H2,1H3,(H,38,39,43)/t24-,26-. The number of aryl methyl sites for hydroxylation is 1. The molecule has 2 N–H and O–H groups in total. The van der Waals surface area contributed by atoms with E-state index in [1.165, 1.54) is 0 Å². The quantitative estimate of drug-likeness (QED) is 0.246. The lowest BCUT2D eigenvalue weighted by Gasteiger charge is -2.34. The molecule has 0 unspecified atom stereocenters. The highest BCUT2D eigenvalue weighted by atomic mass is 16.5. The molecule has 11 heteroatoms. The zero-order valence-electron chi connectivity index (χ0n) is 25.6. The highest BCUT2D eigenvalue weighted by Gasteiger charge is 2.29. The van der Waals surface area contributed by atoms with Crippen LogP contribution in [0.4, 0.5) is 0 Å². The molecule has 1 aliphatic carbocycles. The van der Waals surface area contributed by atoms with E-state index in [1.54, 1.807) is 6.33 Å². The SMILES string of the molecule is CCCc1c(Cc2ccc(-c3ccccc3-c3noc(=O)[nH]3)cc2)c(=O)n([C@H]2CC[C@H](NC3CCOCC3)CC2)c2ncnn12. The molecular formula is C34H39N7O4. The average molecular weight is 610 g/mol. The van der Waals surface area contributed by atoms with E-state index in [-0.39, 0.29) is 11.6 Å². The molecular weight excluding hydrogens is 570 g/mol. The molecule has 1 saturated carbocycles. The molecule has 234 valence electrons. The fourth-order valence-electron chi connectivity index (χ4n) is 7.07. The molecule has 0 amide bonds. The predicted octanol–water partition coefficient (Wildman–Crippen LogP) is 4.70. The highest BCUT2D eigenvalue weighted by molar-refractivity contribution is 5.80. The Hall–Kier alpha value is -4.35. The molecule has 2 fully saturated rings. The second-order valence-corrected chi connectivity index (χ2v) is 12.2. The highest BCUT2D eigenvalue weighted by Crippen LogP contribution is 2.32. The van der Waals surface area contributed by atoms with Crippen LogP contribution in [0.15, 0.2) is 69.0 Å². The van der Waals surface area contributed by atoms with Gasteiger partial charge < -0.3 is 10.1 Å². The second-order valence-electron chi connectivity index (χ2n) is 12.2. The monoisotopic (exact) mass is 609 g/mol. The Morgan fingerprint density at radius 1 is 0.933 bits per heavy atom. The molecule has 7 rings (SSSR count). The van der Waals surface area contributed by atoms with E-state index in [4.69, 9.17) is 9.26 Å². The van der Waals surface area contributed by atoms with Gasteiger partial charge in [-0.1, -0.05) is 67.0 Å². The Morgan fingerprint density at radius 2 is 1.67 bits per heavy atom. The molecule has 3 aromatic heterocycles. The van der Waals surface area contributed by atoms with Crippen molar-refractivity contribution in [3.8, 4) is 22.5 Å². The van der Waals surface area contributed by atoms with Gasteiger partial charge in [0, 0.05) is 48.9 Å². The Labute approximate surface area is 260 Å². The predicted molar refractivity (Wildman–Crippen MR) is 170 cm³/mol. The lowest BCUT2D eigenvalue weighted by molar-refractivity contribution is 0.0723. The summed E-state index contributed by atoms with van der Waals surface area (Å²) in [5, 5.41) is 12.3. The van der Waals surface area contributed by atoms with Gasteiger partial charge in [-0.2, -0.15) is 10.1 Å². The van der Waals surface area contributed by atoms with Crippen molar-refractivity contribution in [2.75, 3.05) is 13.2 Å². The van der Waals surface area contributed by atoms with Crippen LogP contribution < -0.4 is 16.6 Å². The first-order chi connectivity index (χ1) is 22.1. The van der Waals surface area contributed by atoms with Gasteiger partial charge in [0.2, 0.25) is 5.78 Å². The van der Waals surface area contributed by atoms with E-state index in [1.807, 2.05) is 45.5 Å². The number of H-pyrrole nitrogens is 1. The number of hydrogen-bond acceptors (Lipinski definition) is 8. The third-order valence-electron chi connectivity index (χ3n) is 9.34. The molecule has 4 heterocycles. The minimum atomic E-state index is -0.590. The largest absolute Gasteiger partial charge is 0.439 e. The van der Waals surface area contributed by atoms with Crippen LogP contribution in [0.25, 0.3) is 28.3 Å². The van der Waals surface area contributed by atoms with Crippen molar-refractivity contribution in [3.05, 3.63) is 92.6 Å². The zero-order chi connectivity index (χ0) is 30.8. The number of benzene rings is 2. The zero-order valence-corrected chi connectivity index (χ0v) is 25.6. The van der Waals surface area contributed by atoms with E-state index < -0.39 is 5.76 Å². The van der Waals surface area contributed by atoms with E-state index in [9.17, 15) is 9.59 Å². The maximum atomic E-state index is 14.4. The fourth-order valence-corrected chi connectivity index (χ4v) is 7.07. The van der Waals surface area contributed by atoms with Gasteiger partial charge in [-0.25, -0.2) is 9.31 Å². The van der Waals surface area contributed by atoms with Gasteiger partial charge in [0.05, 0.1) is 5.69 Å². The number of aromatic nitrogens is 6. The summed E-state index contributed by atoms with van der Waals surface area (Å²) in [7, 11) is 0. The maximum absolute atomic E-state index is 14.4. The van der Waals surface area contributed by atoms with Gasteiger partial charge in [0.1, 0.15) is 6.33 Å². The van der Waals surface area contributed by atoms with Crippen LogP contribution in [0.5, 0.6) is 0 Å². The summed E-state index contributed by atoms with van der Waals surface area (Å²) < 4.78 is 14.1. The van der Waals surface area contributed by atoms with E-state index in [2.05, 4.69) is 44.6 Å². The Bertz CT molecular complexity index is 1870. The van der Waals surface area contributed by atoms with Crippen LogP contribution in [0, 0.1) is 0 Å². The van der Waals surface area contributed by atoms with Crippen LogP contribution in [-0.2, 0) is 17.6 Å². The van der Waals surface area contributed by atoms with Crippen LogP contribution in [-0.4, -0.2) is 54.6 Å². The van der Waals surface area contributed by atoms with Crippen molar-refractivity contribution in [1.29, 1.82) is 0 Å². The van der Waals surface area contributed by atoms with Crippen LogP contribution in [0.2, 0.25) is 0 Å². The number of aromatic amines is 1. The first kappa shape index (κ1) is 29.4. The molecule has 45 heavy (non-hydrogen) atoms. The third-order valence-corrected chi connectivity index (χ3v) is 9.34. The van der Waals surface area contributed by atoms with E-state index in [0.717, 1.165) is 98.1 Å². The third kappa shape index (κ3) is 6.02. The van der Waals surface area contributed by atoms with Gasteiger partial charge >= 0.3 is 5.76 Å². The van der Waals surface area contributed by atoms with Crippen molar-refractivity contribution in [1.82, 2.24) is 34.6 Å². The summed E-state index contributed by atoms with van der Waals surface area (Å²) in [6.07, 6.45) is 9.78. The van der Waals surface area contributed by atoms with Gasteiger partial charge in [0.25, 0.3) is 5.56 Å². The Kier molecular flexibility index (Phi) is 8.45. The lowest BCUT2D eigenvalue weighted by atomic mass is 9.89.